The lowest BCUT2D eigenvalue weighted by Crippen LogP contribution is -2.25. The molecular formula is C12H13Br2NO2. The van der Waals surface area contributed by atoms with Crippen molar-refractivity contribution in [1.82, 2.24) is 0 Å². The molecule has 0 saturated carbocycles. The van der Waals surface area contributed by atoms with E-state index < -0.39 is 0 Å². The summed E-state index contributed by atoms with van der Waals surface area (Å²) in [5.41, 5.74) is 0.851. The molecule has 0 spiro atoms. The molecule has 1 aromatic rings. The Labute approximate surface area is 117 Å². The summed E-state index contributed by atoms with van der Waals surface area (Å²) in [5, 5.41) is 0.855. The van der Waals surface area contributed by atoms with Crippen molar-refractivity contribution in [1.29, 1.82) is 0 Å². The summed E-state index contributed by atoms with van der Waals surface area (Å²) in [6.45, 7) is 0.752. The summed E-state index contributed by atoms with van der Waals surface area (Å²) in [6.07, 6.45) is 0.602. The summed E-state index contributed by atoms with van der Waals surface area (Å²) in [6, 6.07) is 5.72. The number of nitrogens with zero attached hydrogens (tertiary/aromatic N) is 1. The largest absolute Gasteiger partial charge is 0.495 e. The number of carbonyl (C=O) groups excluding carboxylic acids is 1. The van der Waals surface area contributed by atoms with Crippen molar-refractivity contribution < 1.29 is 9.53 Å². The number of rotatable bonds is 3. The molecule has 0 aromatic heterocycles. The Bertz CT molecular complexity index is 437. The van der Waals surface area contributed by atoms with Gasteiger partial charge in [0, 0.05) is 22.8 Å². The molecule has 1 amide bonds. The van der Waals surface area contributed by atoms with E-state index in [1.54, 1.807) is 12.0 Å². The van der Waals surface area contributed by atoms with Crippen molar-refractivity contribution in [2.45, 2.75) is 6.42 Å². The van der Waals surface area contributed by atoms with E-state index in [0.717, 1.165) is 27.8 Å². The van der Waals surface area contributed by atoms with Crippen LogP contribution in [0.5, 0.6) is 5.75 Å². The van der Waals surface area contributed by atoms with Crippen LogP contribution in [-0.2, 0) is 4.79 Å². The predicted molar refractivity (Wildman–Crippen MR) is 74.9 cm³/mol. The minimum Gasteiger partial charge on any atom is -0.495 e. The van der Waals surface area contributed by atoms with Gasteiger partial charge in [-0.25, -0.2) is 0 Å². The van der Waals surface area contributed by atoms with Gasteiger partial charge in [0.05, 0.1) is 12.8 Å². The van der Waals surface area contributed by atoms with E-state index in [0.29, 0.717) is 12.3 Å². The summed E-state index contributed by atoms with van der Waals surface area (Å²) < 4.78 is 6.27. The fraction of sp³-hybridized carbons (Fsp3) is 0.417. The molecule has 17 heavy (non-hydrogen) atoms. The Balaban J connectivity index is 2.31. The number of benzene rings is 1. The lowest BCUT2D eigenvalue weighted by molar-refractivity contribution is -0.117. The smallest absolute Gasteiger partial charge is 0.227 e. The Hall–Kier alpha value is -0.550. The highest BCUT2D eigenvalue weighted by atomic mass is 79.9. The topological polar surface area (TPSA) is 29.5 Å². The van der Waals surface area contributed by atoms with Crippen molar-refractivity contribution in [3.05, 3.63) is 22.7 Å². The van der Waals surface area contributed by atoms with Gasteiger partial charge >= 0.3 is 0 Å². The van der Waals surface area contributed by atoms with Gasteiger partial charge in [-0.3, -0.25) is 4.79 Å². The highest BCUT2D eigenvalue weighted by molar-refractivity contribution is 9.10. The van der Waals surface area contributed by atoms with Gasteiger partial charge in [0.1, 0.15) is 5.75 Å². The van der Waals surface area contributed by atoms with Crippen LogP contribution in [0.3, 0.4) is 0 Å². The maximum absolute atomic E-state index is 11.9. The van der Waals surface area contributed by atoms with Gasteiger partial charge in [-0.1, -0.05) is 31.9 Å². The van der Waals surface area contributed by atoms with Gasteiger partial charge in [-0.2, -0.15) is 0 Å². The number of anilines is 1. The maximum atomic E-state index is 11.9. The third-order valence-corrected chi connectivity index (χ3v) is 4.26. The number of hydrogen-bond donors (Lipinski definition) is 0. The number of methoxy groups -OCH3 is 1. The summed E-state index contributed by atoms with van der Waals surface area (Å²) >= 11 is 6.83. The molecule has 3 nitrogen and oxygen atoms in total. The first-order valence-electron chi connectivity index (χ1n) is 5.35. The molecular weight excluding hydrogens is 350 g/mol. The molecule has 0 radical (unpaired) electrons. The molecule has 0 bridgehead atoms. The van der Waals surface area contributed by atoms with Crippen molar-refractivity contribution in [2.75, 3.05) is 23.9 Å². The van der Waals surface area contributed by atoms with E-state index in [4.69, 9.17) is 4.74 Å². The molecule has 1 atom stereocenters. The minimum atomic E-state index is 0.162. The predicted octanol–water partition coefficient (Wildman–Crippen LogP) is 3.21. The van der Waals surface area contributed by atoms with E-state index in [2.05, 4.69) is 31.9 Å². The Kier molecular flexibility index (Phi) is 4.09. The number of amides is 1. The van der Waals surface area contributed by atoms with Crippen LogP contribution in [-0.4, -0.2) is 24.9 Å². The van der Waals surface area contributed by atoms with Crippen LogP contribution in [0.1, 0.15) is 6.42 Å². The molecule has 2 rings (SSSR count). The molecule has 1 heterocycles. The van der Waals surface area contributed by atoms with Gasteiger partial charge in [0.15, 0.2) is 0 Å². The monoisotopic (exact) mass is 361 g/mol. The fourth-order valence-electron chi connectivity index (χ4n) is 1.99. The first kappa shape index (κ1) is 12.9. The molecule has 0 N–H and O–H groups in total. The standard InChI is InChI=1S/C12H13Br2NO2/c1-17-11-5-9(14)2-3-10(11)15-7-8(6-13)4-12(15)16/h2-3,5,8H,4,6-7H2,1H3. The quantitative estimate of drug-likeness (QED) is 0.772. The van der Waals surface area contributed by atoms with Gasteiger partial charge in [-0.05, 0) is 24.1 Å². The van der Waals surface area contributed by atoms with Crippen LogP contribution in [0.15, 0.2) is 22.7 Å². The lowest BCUT2D eigenvalue weighted by Gasteiger charge is -2.19. The molecule has 1 aliphatic heterocycles. The maximum Gasteiger partial charge on any atom is 0.227 e. The molecule has 5 heteroatoms. The van der Waals surface area contributed by atoms with Gasteiger partial charge in [0.25, 0.3) is 0 Å². The van der Waals surface area contributed by atoms with Crippen LogP contribution >= 0.6 is 31.9 Å². The second kappa shape index (κ2) is 5.40. The fourth-order valence-corrected chi connectivity index (χ4v) is 2.77. The van der Waals surface area contributed by atoms with Crippen molar-refractivity contribution in [2.24, 2.45) is 5.92 Å². The molecule has 1 unspecified atom stereocenters. The van der Waals surface area contributed by atoms with Crippen LogP contribution in [0, 0.1) is 5.92 Å². The van der Waals surface area contributed by atoms with Gasteiger partial charge in [-0.15, -0.1) is 0 Å². The number of halogens is 2. The number of ether oxygens (including phenoxy) is 1. The van der Waals surface area contributed by atoms with Crippen LogP contribution in [0.4, 0.5) is 5.69 Å². The first-order chi connectivity index (χ1) is 8.15. The SMILES string of the molecule is COc1cc(Br)ccc1N1CC(CBr)CC1=O. The van der Waals surface area contributed by atoms with E-state index in [9.17, 15) is 4.79 Å². The van der Waals surface area contributed by atoms with Crippen molar-refractivity contribution in [3.63, 3.8) is 0 Å². The summed E-state index contributed by atoms with van der Waals surface area (Å²) in [7, 11) is 1.62. The normalized spacial score (nSPS) is 19.8. The van der Waals surface area contributed by atoms with Crippen LogP contribution < -0.4 is 9.64 Å². The second-order valence-electron chi connectivity index (χ2n) is 4.04. The number of alkyl halides is 1. The Morgan fingerprint density at radius 1 is 1.53 bits per heavy atom. The molecule has 1 aromatic carbocycles. The highest BCUT2D eigenvalue weighted by Gasteiger charge is 2.31. The lowest BCUT2D eigenvalue weighted by atomic mass is 10.2. The zero-order chi connectivity index (χ0) is 12.4. The van der Waals surface area contributed by atoms with E-state index >= 15 is 0 Å². The van der Waals surface area contributed by atoms with E-state index in [1.165, 1.54) is 0 Å². The highest BCUT2D eigenvalue weighted by Crippen LogP contribution is 2.35. The molecule has 1 saturated heterocycles. The summed E-state index contributed by atoms with van der Waals surface area (Å²) in [4.78, 5) is 13.7. The van der Waals surface area contributed by atoms with Gasteiger partial charge < -0.3 is 9.64 Å². The van der Waals surface area contributed by atoms with Crippen LogP contribution in [0.2, 0.25) is 0 Å². The first-order valence-corrected chi connectivity index (χ1v) is 7.27. The minimum absolute atomic E-state index is 0.162. The number of carbonyl (C=O) groups is 1. The van der Waals surface area contributed by atoms with E-state index in [1.807, 2.05) is 18.2 Å². The van der Waals surface area contributed by atoms with Crippen molar-refractivity contribution in [3.8, 4) is 5.75 Å². The third kappa shape index (κ3) is 2.65. The van der Waals surface area contributed by atoms with Crippen LogP contribution in [0.25, 0.3) is 0 Å². The average Bonchev–Trinajstić information content (AvgIpc) is 2.70. The zero-order valence-electron chi connectivity index (χ0n) is 9.45. The van der Waals surface area contributed by atoms with Crippen molar-refractivity contribution >= 4 is 43.5 Å². The average molecular weight is 363 g/mol. The van der Waals surface area contributed by atoms with Gasteiger partial charge in [0.2, 0.25) is 5.91 Å². The zero-order valence-corrected chi connectivity index (χ0v) is 12.6. The second-order valence-corrected chi connectivity index (χ2v) is 5.61. The molecule has 1 aliphatic rings. The Morgan fingerprint density at radius 2 is 2.29 bits per heavy atom. The third-order valence-electron chi connectivity index (χ3n) is 2.86. The molecule has 0 aliphatic carbocycles. The number of hydrogen-bond acceptors (Lipinski definition) is 2. The molecule has 1 fully saturated rings. The Morgan fingerprint density at radius 3 is 2.88 bits per heavy atom. The van der Waals surface area contributed by atoms with E-state index in [-0.39, 0.29) is 5.91 Å². The summed E-state index contributed by atoms with van der Waals surface area (Å²) in [5.74, 6) is 1.27. The molecule has 92 valence electrons.